The predicted octanol–water partition coefficient (Wildman–Crippen LogP) is 0.274. The van der Waals surface area contributed by atoms with Gasteiger partial charge in [0.1, 0.15) is 6.09 Å². The van der Waals surface area contributed by atoms with E-state index < -0.39 is 11.6 Å². The molecule has 0 rings (SSSR count). The highest BCUT2D eigenvalue weighted by molar-refractivity contribution is 5.62. The third-order valence-corrected chi connectivity index (χ3v) is 1.10. The first-order valence-corrected chi connectivity index (χ1v) is 3.08. The number of hydrogen-bond donors (Lipinski definition) is 1. The topological polar surface area (TPSA) is 52.2 Å². The zero-order chi connectivity index (χ0) is 8.20. The molecule has 0 aromatic carbocycles. The van der Waals surface area contributed by atoms with Gasteiger partial charge in [-0.3, -0.25) is 0 Å². The fraction of sp³-hybridized carbons (Fsp3) is 0.571. The van der Waals surface area contributed by atoms with Crippen molar-refractivity contribution >= 4 is 6.09 Å². The fourth-order valence-electron chi connectivity index (χ4n) is 0.688. The van der Waals surface area contributed by atoms with E-state index in [-0.39, 0.29) is 0 Å². The van der Waals surface area contributed by atoms with Gasteiger partial charge in [-0.05, 0) is 20.3 Å². The molecule has 0 fully saturated rings. The zero-order valence-electron chi connectivity index (χ0n) is 6.31. The minimum atomic E-state index is -1.24. The van der Waals surface area contributed by atoms with E-state index >= 15 is 0 Å². The van der Waals surface area contributed by atoms with Crippen molar-refractivity contribution in [3.63, 3.8) is 0 Å². The third kappa shape index (κ3) is 3.95. The van der Waals surface area contributed by atoms with Crippen molar-refractivity contribution in [2.45, 2.75) is 25.8 Å². The van der Waals surface area contributed by atoms with Crippen LogP contribution in [0.4, 0.5) is 4.79 Å². The van der Waals surface area contributed by atoms with Gasteiger partial charge in [-0.15, -0.1) is 6.58 Å². The number of carboxylic acid groups (broad SMARTS) is 1. The summed E-state index contributed by atoms with van der Waals surface area (Å²) < 4.78 is 0. The maximum atomic E-state index is 10.0. The van der Waals surface area contributed by atoms with Gasteiger partial charge in [0.05, 0.1) is 0 Å². The predicted molar refractivity (Wildman–Crippen MR) is 37.4 cm³/mol. The van der Waals surface area contributed by atoms with Gasteiger partial charge in [0.2, 0.25) is 0 Å². The van der Waals surface area contributed by atoms with Gasteiger partial charge >= 0.3 is 0 Å². The van der Waals surface area contributed by atoms with Crippen molar-refractivity contribution in [3.8, 4) is 0 Å². The summed E-state index contributed by atoms with van der Waals surface area (Å²) in [5, 5.41) is 12.3. The monoisotopic (exact) mass is 142 g/mol. The Labute approximate surface area is 60.7 Å². The molecule has 10 heavy (non-hydrogen) atoms. The van der Waals surface area contributed by atoms with Crippen LogP contribution in [0.15, 0.2) is 12.7 Å². The molecule has 0 aliphatic rings. The summed E-state index contributed by atoms with van der Waals surface area (Å²) in [7, 11) is 0. The quantitative estimate of drug-likeness (QED) is 0.575. The summed E-state index contributed by atoms with van der Waals surface area (Å²) in [6.45, 7) is 7.04. The molecule has 0 spiro atoms. The van der Waals surface area contributed by atoms with E-state index in [1.54, 1.807) is 19.9 Å². The maximum absolute atomic E-state index is 10.0. The normalized spacial score (nSPS) is 10.6. The maximum Gasteiger partial charge on any atom is 0.134 e. The third-order valence-electron chi connectivity index (χ3n) is 1.10. The standard InChI is InChI=1S/C7H13NO2/c1-4-5-7(2,3)8-6(9)10/h4,8H,1,5H2,2-3H3,(H,9,10)/p-1. The molecule has 0 aromatic heterocycles. The first kappa shape index (κ1) is 9.01. The Morgan fingerprint density at radius 3 is 2.60 bits per heavy atom. The molecule has 1 amide bonds. The second-order valence-corrected chi connectivity index (χ2v) is 2.79. The van der Waals surface area contributed by atoms with Crippen LogP contribution in [0.5, 0.6) is 0 Å². The molecule has 0 bridgehead atoms. The first-order valence-electron chi connectivity index (χ1n) is 3.08. The summed E-state index contributed by atoms with van der Waals surface area (Å²) in [6, 6.07) is 0. The highest BCUT2D eigenvalue weighted by atomic mass is 16.4. The highest BCUT2D eigenvalue weighted by Crippen LogP contribution is 2.06. The van der Waals surface area contributed by atoms with Crippen molar-refractivity contribution in [2.75, 3.05) is 0 Å². The largest absolute Gasteiger partial charge is 0.530 e. The lowest BCUT2D eigenvalue weighted by Crippen LogP contribution is -2.49. The van der Waals surface area contributed by atoms with Gasteiger partial charge in [-0.1, -0.05) is 6.08 Å². The van der Waals surface area contributed by atoms with Crippen LogP contribution in [0, 0.1) is 0 Å². The van der Waals surface area contributed by atoms with Crippen LogP contribution >= 0.6 is 0 Å². The SMILES string of the molecule is C=CCC(C)(C)NC(=O)[O-]. The second kappa shape index (κ2) is 3.25. The van der Waals surface area contributed by atoms with Crippen LogP contribution in [0.2, 0.25) is 0 Å². The Kier molecular flexibility index (Phi) is 2.93. The molecule has 0 aliphatic heterocycles. The van der Waals surface area contributed by atoms with Crippen molar-refractivity contribution in [2.24, 2.45) is 0 Å². The molecular formula is C7H12NO2-. The Morgan fingerprint density at radius 1 is 1.80 bits per heavy atom. The summed E-state index contributed by atoms with van der Waals surface area (Å²) >= 11 is 0. The second-order valence-electron chi connectivity index (χ2n) is 2.79. The lowest BCUT2D eigenvalue weighted by atomic mass is 10.0. The van der Waals surface area contributed by atoms with E-state index in [1.165, 1.54) is 0 Å². The van der Waals surface area contributed by atoms with Crippen molar-refractivity contribution in [3.05, 3.63) is 12.7 Å². The number of amides is 1. The summed E-state index contributed by atoms with van der Waals surface area (Å²) in [5.41, 5.74) is -0.458. The number of rotatable bonds is 3. The van der Waals surface area contributed by atoms with E-state index in [2.05, 4.69) is 11.9 Å². The minimum absolute atomic E-state index is 0.458. The van der Waals surface area contributed by atoms with Crippen molar-refractivity contribution < 1.29 is 9.90 Å². The summed E-state index contributed by atoms with van der Waals surface area (Å²) in [4.78, 5) is 10.0. The van der Waals surface area contributed by atoms with Gasteiger partial charge in [-0.25, -0.2) is 0 Å². The van der Waals surface area contributed by atoms with Gasteiger partial charge < -0.3 is 15.2 Å². The molecule has 3 heteroatoms. The van der Waals surface area contributed by atoms with Gasteiger partial charge in [0.25, 0.3) is 0 Å². The minimum Gasteiger partial charge on any atom is -0.530 e. The van der Waals surface area contributed by atoms with Crippen LogP contribution < -0.4 is 10.4 Å². The first-order chi connectivity index (χ1) is 4.48. The Balaban J connectivity index is 3.85. The lowest BCUT2D eigenvalue weighted by molar-refractivity contribution is -0.252. The number of carbonyl (C=O) groups is 1. The molecule has 0 aliphatic carbocycles. The van der Waals surface area contributed by atoms with Gasteiger partial charge in [0.15, 0.2) is 0 Å². The molecule has 58 valence electrons. The van der Waals surface area contributed by atoms with Crippen LogP contribution in [-0.2, 0) is 0 Å². The average molecular weight is 142 g/mol. The molecule has 0 saturated carbocycles. The fourth-order valence-corrected chi connectivity index (χ4v) is 0.688. The molecule has 1 N–H and O–H groups in total. The molecule has 3 nitrogen and oxygen atoms in total. The molecule has 0 atom stereocenters. The highest BCUT2D eigenvalue weighted by Gasteiger charge is 2.13. The zero-order valence-corrected chi connectivity index (χ0v) is 6.31. The molecular weight excluding hydrogens is 130 g/mol. The van der Waals surface area contributed by atoms with E-state index in [4.69, 9.17) is 0 Å². The number of hydrogen-bond acceptors (Lipinski definition) is 2. The molecule has 0 radical (unpaired) electrons. The Morgan fingerprint density at radius 2 is 2.30 bits per heavy atom. The van der Waals surface area contributed by atoms with Crippen LogP contribution in [0.3, 0.4) is 0 Å². The van der Waals surface area contributed by atoms with E-state index in [0.717, 1.165) is 0 Å². The van der Waals surface area contributed by atoms with E-state index in [0.29, 0.717) is 6.42 Å². The lowest BCUT2D eigenvalue weighted by Gasteiger charge is -2.26. The molecule has 0 saturated heterocycles. The van der Waals surface area contributed by atoms with Crippen molar-refractivity contribution in [1.82, 2.24) is 5.32 Å². The average Bonchev–Trinajstić information content (AvgIpc) is 1.59. The summed E-state index contributed by atoms with van der Waals surface area (Å²) in [5.74, 6) is 0. The number of carbonyl (C=O) groups excluding carboxylic acids is 1. The van der Waals surface area contributed by atoms with Gasteiger partial charge in [0, 0.05) is 5.54 Å². The Bertz CT molecular complexity index is 141. The molecule has 0 unspecified atom stereocenters. The summed E-state index contributed by atoms with van der Waals surface area (Å²) in [6.07, 6.45) is 1.02. The van der Waals surface area contributed by atoms with Crippen LogP contribution in [0.25, 0.3) is 0 Å². The van der Waals surface area contributed by atoms with E-state index in [1.807, 2.05) is 0 Å². The van der Waals surface area contributed by atoms with Crippen LogP contribution in [0.1, 0.15) is 20.3 Å². The number of nitrogens with one attached hydrogen (secondary N) is 1. The van der Waals surface area contributed by atoms with Crippen molar-refractivity contribution in [1.29, 1.82) is 0 Å². The van der Waals surface area contributed by atoms with Crippen LogP contribution in [-0.4, -0.2) is 11.6 Å². The van der Waals surface area contributed by atoms with Gasteiger partial charge in [-0.2, -0.15) is 0 Å². The molecule has 0 aromatic rings. The van der Waals surface area contributed by atoms with E-state index in [9.17, 15) is 9.90 Å². The molecule has 0 heterocycles. The Hall–Kier alpha value is -0.990. The smallest absolute Gasteiger partial charge is 0.134 e.